The van der Waals surface area contributed by atoms with Crippen molar-refractivity contribution in [1.29, 1.82) is 0 Å². The van der Waals surface area contributed by atoms with Crippen LogP contribution in [0.1, 0.15) is 37.8 Å². The van der Waals surface area contributed by atoms with Crippen LogP contribution >= 0.6 is 0 Å². The summed E-state index contributed by atoms with van der Waals surface area (Å²) >= 11 is 0. The van der Waals surface area contributed by atoms with Crippen LogP contribution in [0.25, 0.3) is 10.9 Å². The highest BCUT2D eigenvalue weighted by Gasteiger charge is 2.32. The summed E-state index contributed by atoms with van der Waals surface area (Å²) in [4.78, 5) is 0. The predicted molar refractivity (Wildman–Crippen MR) is 73.5 cm³/mol. The zero-order valence-electron chi connectivity index (χ0n) is 10.8. The monoisotopic (exact) mass is 244 g/mol. The summed E-state index contributed by atoms with van der Waals surface area (Å²) in [5.74, 6) is 0.314. The van der Waals surface area contributed by atoms with Crippen LogP contribution in [0.3, 0.4) is 0 Å². The van der Waals surface area contributed by atoms with E-state index in [1.807, 2.05) is 12.1 Å². The summed E-state index contributed by atoms with van der Waals surface area (Å²) in [5, 5.41) is 10.6. The molecule has 0 amide bonds. The molecule has 1 aliphatic rings. The summed E-state index contributed by atoms with van der Waals surface area (Å²) < 4.78 is 2.18. The number of fused-ring (bicyclic) bond motifs is 1. The number of hydrogen-bond donors (Lipinski definition) is 2. The molecular formula is C15H20N2O. The molecule has 0 unspecified atom stereocenters. The van der Waals surface area contributed by atoms with Crippen molar-refractivity contribution in [1.82, 2.24) is 4.57 Å². The summed E-state index contributed by atoms with van der Waals surface area (Å²) in [6.45, 7) is 0. The van der Waals surface area contributed by atoms with E-state index in [-0.39, 0.29) is 5.54 Å². The first-order chi connectivity index (χ1) is 8.60. The Kier molecular flexibility index (Phi) is 2.59. The molecule has 1 aliphatic carbocycles. The molecule has 1 aromatic heterocycles. The number of aryl methyl sites for hydroxylation is 1. The summed E-state index contributed by atoms with van der Waals surface area (Å²) in [6.07, 6.45) is 5.84. The molecule has 0 bridgehead atoms. The molecule has 18 heavy (non-hydrogen) atoms. The predicted octanol–water partition coefficient (Wildman–Crippen LogP) is 3.00. The largest absolute Gasteiger partial charge is 0.508 e. The zero-order chi connectivity index (χ0) is 12.8. The van der Waals surface area contributed by atoms with Gasteiger partial charge in [0.2, 0.25) is 0 Å². The van der Waals surface area contributed by atoms with E-state index in [9.17, 15) is 5.11 Å². The zero-order valence-corrected chi connectivity index (χ0v) is 10.8. The molecule has 3 N–H and O–H groups in total. The molecule has 1 saturated carbocycles. The van der Waals surface area contributed by atoms with E-state index in [4.69, 9.17) is 5.73 Å². The van der Waals surface area contributed by atoms with Crippen molar-refractivity contribution in [2.24, 2.45) is 12.8 Å². The summed E-state index contributed by atoms with van der Waals surface area (Å²) in [7, 11) is 2.07. The Hall–Kier alpha value is -1.48. The second-order valence-corrected chi connectivity index (χ2v) is 5.55. The molecule has 3 rings (SSSR count). The molecule has 0 saturated heterocycles. The number of benzene rings is 1. The Morgan fingerprint density at radius 3 is 2.61 bits per heavy atom. The standard InChI is InChI=1S/C15H20N2O/c1-17-13-6-5-12(18)9-11(13)10-14(17)15(16)7-3-2-4-8-15/h5-6,9-10,18H,2-4,7-8,16H2,1H3. The first-order valence-corrected chi connectivity index (χ1v) is 6.68. The van der Waals surface area contributed by atoms with Crippen molar-refractivity contribution >= 4 is 10.9 Å². The van der Waals surface area contributed by atoms with Gasteiger partial charge in [-0.25, -0.2) is 0 Å². The van der Waals surface area contributed by atoms with Crippen LogP contribution in [0.5, 0.6) is 5.75 Å². The van der Waals surface area contributed by atoms with Gasteiger partial charge in [-0.15, -0.1) is 0 Å². The van der Waals surface area contributed by atoms with E-state index < -0.39 is 0 Å². The van der Waals surface area contributed by atoms with Crippen LogP contribution in [0.2, 0.25) is 0 Å². The first kappa shape index (κ1) is 11.6. The number of nitrogens with two attached hydrogens (primary N) is 1. The van der Waals surface area contributed by atoms with Gasteiger partial charge in [0, 0.05) is 23.6 Å². The summed E-state index contributed by atoms with van der Waals surface area (Å²) in [6, 6.07) is 7.64. The quantitative estimate of drug-likeness (QED) is 0.810. The van der Waals surface area contributed by atoms with Gasteiger partial charge in [0.05, 0.1) is 5.54 Å². The molecule has 0 aliphatic heterocycles. The normalized spacial score (nSPS) is 19.2. The Balaban J connectivity index is 2.14. The number of phenolic OH excluding ortho intramolecular Hbond substituents is 1. The smallest absolute Gasteiger partial charge is 0.116 e. The highest BCUT2D eigenvalue weighted by Crippen LogP contribution is 2.37. The van der Waals surface area contributed by atoms with E-state index >= 15 is 0 Å². The maximum absolute atomic E-state index is 9.56. The average Bonchev–Trinajstić information content (AvgIpc) is 2.68. The Labute approximate surface area is 107 Å². The lowest BCUT2D eigenvalue weighted by molar-refractivity contribution is 0.290. The number of aromatic nitrogens is 1. The summed E-state index contributed by atoms with van der Waals surface area (Å²) in [5.41, 5.74) is 8.74. The Morgan fingerprint density at radius 1 is 1.17 bits per heavy atom. The molecule has 0 atom stereocenters. The average molecular weight is 244 g/mol. The molecule has 1 fully saturated rings. The van der Waals surface area contributed by atoms with Crippen molar-refractivity contribution in [3.8, 4) is 5.75 Å². The fourth-order valence-corrected chi connectivity index (χ4v) is 3.25. The second kappa shape index (κ2) is 4.02. The van der Waals surface area contributed by atoms with Gasteiger partial charge >= 0.3 is 0 Å². The molecule has 0 radical (unpaired) electrons. The van der Waals surface area contributed by atoms with Crippen molar-refractivity contribution in [2.75, 3.05) is 0 Å². The third-order valence-corrected chi connectivity index (χ3v) is 4.28. The lowest BCUT2D eigenvalue weighted by atomic mass is 9.80. The maximum Gasteiger partial charge on any atom is 0.116 e. The number of nitrogens with zero attached hydrogens (tertiary/aromatic N) is 1. The number of aromatic hydroxyl groups is 1. The van der Waals surface area contributed by atoms with E-state index in [0.29, 0.717) is 5.75 Å². The Morgan fingerprint density at radius 2 is 1.89 bits per heavy atom. The first-order valence-electron chi connectivity index (χ1n) is 6.68. The third kappa shape index (κ3) is 1.70. The van der Waals surface area contributed by atoms with Gasteiger partial charge in [-0.2, -0.15) is 0 Å². The minimum Gasteiger partial charge on any atom is -0.508 e. The minimum atomic E-state index is -0.193. The molecule has 3 heteroatoms. The number of phenols is 1. The Bertz CT molecular complexity index is 579. The van der Waals surface area contributed by atoms with Gasteiger partial charge in [-0.05, 0) is 37.1 Å². The van der Waals surface area contributed by atoms with Crippen molar-refractivity contribution in [2.45, 2.75) is 37.6 Å². The highest BCUT2D eigenvalue weighted by molar-refractivity contribution is 5.83. The van der Waals surface area contributed by atoms with Crippen molar-refractivity contribution < 1.29 is 5.11 Å². The van der Waals surface area contributed by atoms with Gasteiger partial charge in [-0.3, -0.25) is 0 Å². The fraction of sp³-hybridized carbons (Fsp3) is 0.467. The topological polar surface area (TPSA) is 51.2 Å². The maximum atomic E-state index is 9.56. The molecular weight excluding hydrogens is 224 g/mol. The van der Waals surface area contributed by atoms with Gasteiger partial charge in [-0.1, -0.05) is 19.3 Å². The molecule has 2 aromatic rings. The van der Waals surface area contributed by atoms with Crippen molar-refractivity contribution in [3.05, 3.63) is 30.0 Å². The van der Waals surface area contributed by atoms with Crippen LogP contribution in [0.15, 0.2) is 24.3 Å². The SMILES string of the molecule is Cn1c(C2(N)CCCCC2)cc2cc(O)ccc21. The van der Waals surface area contributed by atoms with Crippen LogP contribution in [-0.4, -0.2) is 9.67 Å². The van der Waals surface area contributed by atoms with Crippen LogP contribution in [0.4, 0.5) is 0 Å². The van der Waals surface area contributed by atoms with Gasteiger partial charge in [0.1, 0.15) is 5.75 Å². The van der Waals surface area contributed by atoms with Crippen LogP contribution in [0, 0.1) is 0 Å². The molecule has 3 nitrogen and oxygen atoms in total. The highest BCUT2D eigenvalue weighted by atomic mass is 16.3. The van der Waals surface area contributed by atoms with Crippen molar-refractivity contribution in [3.63, 3.8) is 0 Å². The minimum absolute atomic E-state index is 0.193. The number of rotatable bonds is 1. The van der Waals surface area contributed by atoms with E-state index in [0.717, 1.165) is 23.7 Å². The molecule has 96 valence electrons. The third-order valence-electron chi connectivity index (χ3n) is 4.28. The second-order valence-electron chi connectivity index (χ2n) is 5.55. The van der Waals surface area contributed by atoms with Crippen LogP contribution in [-0.2, 0) is 12.6 Å². The van der Waals surface area contributed by atoms with E-state index in [1.54, 1.807) is 6.07 Å². The number of hydrogen-bond acceptors (Lipinski definition) is 2. The lowest BCUT2D eigenvalue weighted by Crippen LogP contribution is -2.40. The van der Waals surface area contributed by atoms with E-state index in [1.165, 1.54) is 25.0 Å². The van der Waals surface area contributed by atoms with Gasteiger partial charge in [0.15, 0.2) is 0 Å². The molecule has 0 spiro atoms. The van der Waals surface area contributed by atoms with Gasteiger partial charge in [0.25, 0.3) is 0 Å². The molecule has 1 heterocycles. The van der Waals surface area contributed by atoms with E-state index in [2.05, 4.69) is 17.7 Å². The van der Waals surface area contributed by atoms with Crippen LogP contribution < -0.4 is 5.73 Å². The molecule has 1 aromatic carbocycles. The fourth-order valence-electron chi connectivity index (χ4n) is 3.25. The lowest BCUT2D eigenvalue weighted by Gasteiger charge is -2.34. The van der Waals surface area contributed by atoms with Gasteiger partial charge < -0.3 is 15.4 Å².